The quantitative estimate of drug-likeness (QED) is 0.790. The van der Waals surface area contributed by atoms with Crippen LogP contribution in [0.1, 0.15) is 18.5 Å². The van der Waals surface area contributed by atoms with E-state index in [0.29, 0.717) is 0 Å². The van der Waals surface area contributed by atoms with Gasteiger partial charge in [0.2, 0.25) is 0 Å². The fourth-order valence-corrected chi connectivity index (χ4v) is 1.70. The molecule has 1 rings (SSSR count). The minimum Gasteiger partial charge on any atom is -0.496 e. The molecule has 0 aliphatic carbocycles. The van der Waals surface area contributed by atoms with Crippen LogP contribution in [0, 0.1) is 0 Å². The van der Waals surface area contributed by atoms with Gasteiger partial charge in [-0.1, -0.05) is 0 Å². The van der Waals surface area contributed by atoms with Gasteiger partial charge in [-0.15, -0.1) is 0 Å². The summed E-state index contributed by atoms with van der Waals surface area (Å²) < 4.78 is 5.88. The van der Waals surface area contributed by atoms with E-state index in [1.165, 1.54) is 0 Å². The van der Waals surface area contributed by atoms with Crippen molar-refractivity contribution in [1.29, 1.82) is 0 Å². The van der Waals surface area contributed by atoms with Crippen LogP contribution >= 0.6 is 15.9 Å². The van der Waals surface area contributed by atoms with Crippen molar-refractivity contribution >= 4 is 15.9 Å². The van der Waals surface area contributed by atoms with Crippen LogP contribution in [0.15, 0.2) is 16.9 Å². The summed E-state index contributed by atoms with van der Waals surface area (Å²) in [5.74, 6) is 0.770. The van der Waals surface area contributed by atoms with E-state index in [0.717, 1.165) is 15.9 Å². The van der Waals surface area contributed by atoms with Gasteiger partial charge in [0, 0.05) is 17.8 Å². The lowest BCUT2D eigenvalue weighted by molar-refractivity contribution is 0.405. The Morgan fingerprint density at radius 3 is 2.75 bits per heavy atom. The summed E-state index contributed by atoms with van der Waals surface area (Å²) in [5.41, 5.74) is 6.64. The van der Waals surface area contributed by atoms with Gasteiger partial charge in [0.15, 0.2) is 0 Å². The average molecular weight is 231 g/mol. The molecule has 3 nitrogen and oxygen atoms in total. The molecule has 4 heteroatoms. The van der Waals surface area contributed by atoms with Crippen LogP contribution in [-0.4, -0.2) is 12.1 Å². The van der Waals surface area contributed by atoms with Gasteiger partial charge < -0.3 is 10.5 Å². The number of pyridine rings is 1. The highest BCUT2D eigenvalue weighted by atomic mass is 79.9. The molecule has 0 aliphatic rings. The Labute approximate surface area is 80.1 Å². The summed E-state index contributed by atoms with van der Waals surface area (Å²) in [4.78, 5) is 4.07. The van der Waals surface area contributed by atoms with Crippen LogP contribution < -0.4 is 10.5 Å². The highest BCUT2D eigenvalue weighted by Crippen LogP contribution is 2.28. The molecular weight excluding hydrogens is 220 g/mol. The molecule has 0 aliphatic heterocycles. The molecular formula is C8H11BrN2O. The first-order valence-corrected chi connectivity index (χ1v) is 4.40. The molecule has 1 atom stereocenters. The lowest BCUT2D eigenvalue weighted by atomic mass is 10.1. The third-order valence-electron chi connectivity index (χ3n) is 1.58. The minimum absolute atomic E-state index is 0.0805. The molecule has 2 N–H and O–H groups in total. The van der Waals surface area contributed by atoms with Gasteiger partial charge in [-0.2, -0.15) is 0 Å². The molecule has 0 fully saturated rings. The Kier molecular flexibility index (Phi) is 3.05. The van der Waals surface area contributed by atoms with Gasteiger partial charge in [0.25, 0.3) is 0 Å². The molecule has 0 aromatic carbocycles. The largest absolute Gasteiger partial charge is 0.496 e. The smallest absolute Gasteiger partial charge is 0.127 e. The number of rotatable bonds is 2. The molecule has 0 radical (unpaired) electrons. The highest BCUT2D eigenvalue weighted by molar-refractivity contribution is 9.10. The molecule has 1 heterocycles. The van der Waals surface area contributed by atoms with Crippen molar-refractivity contribution in [2.45, 2.75) is 13.0 Å². The predicted octanol–water partition coefficient (Wildman–Crippen LogP) is 1.87. The zero-order valence-corrected chi connectivity index (χ0v) is 8.63. The van der Waals surface area contributed by atoms with Crippen LogP contribution in [0.25, 0.3) is 0 Å². The third-order valence-corrected chi connectivity index (χ3v) is 2.21. The van der Waals surface area contributed by atoms with Gasteiger partial charge in [-0.25, -0.2) is 4.98 Å². The van der Waals surface area contributed by atoms with Crippen molar-refractivity contribution in [2.75, 3.05) is 7.11 Å². The Hall–Kier alpha value is -0.610. The summed E-state index contributed by atoms with van der Waals surface area (Å²) in [5, 5.41) is 0. The first-order valence-electron chi connectivity index (χ1n) is 3.60. The summed E-state index contributed by atoms with van der Waals surface area (Å²) in [6.45, 7) is 1.89. The van der Waals surface area contributed by atoms with Crippen LogP contribution in [-0.2, 0) is 0 Å². The van der Waals surface area contributed by atoms with E-state index >= 15 is 0 Å². The van der Waals surface area contributed by atoms with Crippen LogP contribution in [0.5, 0.6) is 5.75 Å². The Bertz CT molecular complexity index is 276. The number of hydrogen-bond acceptors (Lipinski definition) is 3. The van der Waals surface area contributed by atoms with Crippen LogP contribution in [0.4, 0.5) is 0 Å². The number of nitrogens with two attached hydrogens (primary N) is 1. The normalized spacial score (nSPS) is 12.7. The topological polar surface area (TPSA) is 48.1 Å². The Balaban J connectivity index is 3.20. The molecule has 0 saturated heterocycles. The van der Waals surface area contributed by atoms with E-state index in [1.807, 2.05) is 6.92 Å². The number of aromatic nitrogens is 1. The van der Waals surface area contributed by atoms with E-state index in [4.69, 9.17) is 10.5 Å². The zero-order chi connectivity index (χ0) is 9.14. The molecule has 0 amide bonds. The number of hydrogen-bond donors (Lipinski definition) is 1. The maximum Gasteiger partial charge on any atom is 0.127 e. The van der Waals surface area contributed by atoms with E-state index in [9.17, 15) is 0 Å². The van der Waals surface area contributed by atoms with Crippen LogP contribution in [0.2, 0.25) is 0 Å². The fraction of sp³-hybridized carbons (Fsp3) is 0.375. The highest BCUT2D eigenvalue weighted by Gasteiger charge is 2.11. The SMILES string of the molecule is COc1ccnc(Br)c1C(C)N. The molecule has 12 heavy (non-hydrogen) atoms. The lowest BCUT2D eigenvalue weighted by Crippen LogP contribution is -2.08. The van der Waals surface area contributed by atoms with E-state index in [2.05, 4.69) is 20.9 Å². The first kappa shape index (κ1) is 9.48. The fourth-order valence-electron chi connectivity index (χ4n) is 1.02. The van der Waals surface area contributed by atoms with Crippen LogP contribution in [0.3, 0.4) is 0 Å². The summed E-state index contributed by atoms with van der Waals surface area (Å²) >= 11 is 3.32. The third kappa shape index (κ3) is 1.76. The van der Waals surface area contributed by atoms with Crippen molar-refractivity contribution in [1.82, 2.24) is 4.98 Å². The van der Waals surface area contributed by atoms with Gasteiger partial charge in [-0.3, -0.25) is 0 Å². The number of methoxy groups -OCH3 is 1. The molecule has 1 aromatic heterocycles. The monoisotopic (exact) mass is 230 g/mol. The minimum atomic E-state index is -0.0805. The number of nitrogens with zero attached hydrogens (tertiary/aromatic N) is 1. The zero-order valence-electron chi connectivity index (χ0n) is 7.04. The van der Waals surface area contributed by atoms with Gasteiger partial charge >= 0.3 is 0 Å². The molecule has 0 spiro atoms. The van der Waals surface area contributed by atoms with Crippen molar-refractivity contribution in [3.63, 3.8) is 0 Å². The lowest BCUT2D eigenvalue weighted by Gasteiger charge is -2.11. The summed E-state index contributed by atoms with van der Waals surface area (Å²) in [6, 6.07) is 1.71. The predicted molar refractivity (Wildman–Crippen MR) is 51.1 cm³/mol. The molecule has 0 bridgehead atoms. The van der Waals surface area contributed by atoms with E-state index in [-0.39, 0.29) is 6.04 Å². The standard InChI is InChI=1S/C8H11BrN2O/c1-5(10)7-6(12-2)3-4-11-8(7)9/h3-5H,10H2,1-2H3. The van der Waals surface area contributed by atoms with E-state index < -0.39 is 0 Å². The summed E-state index contributed by atoms with van der Waals surface area (Å²) in [6.07, 6.45) is 1.68. The maximum absolute atomic E-state index is 5.74. The van der Waals surface area contributed by atoms with Crippen molar-refractivity contribution < 1.29 is 4.74 Å². The van der Waals surface area contributed by atoms with Gasteiger partial charge in [0.1, 0.15) is 10.4 Å². The Morgan fingerprint density at radius 2 is 2.33 bits per heavy atom. The molecule has 66 valence electrons. The molecule has 1 unspecified atom stereocenters. The number of ether oxygens (including phenoxy) is 1. The number of halogens is 1. The van der Waals surface area contributed by atoms with Crippen molar-refractivity contribution in [3.05, 3.63) is 22.4 Å². The molecule has 0 saturated carbocycles. The summed E-state index contributed by atoms with van der Waals surface area (Å²) in [7, 11) is 1.62. The van der Waals surface area contributed by atoms with Gasteiger partial charge in [0.05, 0.1) is 7.11 Å². The maximum atomic E-state index is 5.74. The second-order valence-electron chi connectivity index (χ2n) is 2.51. The van der Waals surface area contributed by atoms with Crippen molar-refractivity contribution in [2.24, 2.45) is 5.73 Å². The second kappa shape index (κ2) is 3.87. The first-order chi connectivity index (χ1) is 5.66. The Morgan fingerprint density at radius 1 is 1.67 bits per heavy atom. The second-order valence-corrected chi connectivity index (χ2v) is 3.26. The van der Waals surface area contributed by atoms with Gasteiger partial charge in [-0.05, 0) is 28.9 Å². The average Bonchev–Trinajstić information content (AvgIpc) is 2.03. The molecule has 1 aromatic rings. The van der Waals surface area contributed by atoms with E-state index in [1.54, 1.807) is 19.4 Å². The van der Waals surface area contributed by atoms with Crippen molar-refractivity contribution in [3.8, 4) is 5.75 Å².